The summed E-state index contributed by atoms with van der Waals surface area (Å²) in [6.07, 6.45) is 37.5. The zero-order valence-electron chi connectivity index (χ0n) is 30.5. The van der Waals surface area contributed by atoms with E-state index in [1.807, 2.05) is 152 Å². The van der Waals surface area contributed by atoms with Crippen LogP contribution in [-0.2, 0) is 43.7 Å². The standard InChI is InChI=1S/2C9H9O2.3C6H4Cl.2C5H5.2Fe.Sb/c2*1-7(6-9(10)11)8-4-2-3-5-8;3*7-6-4-2-1-3-5-6;2*1-2-4-5-3-1;;;/h2*2-6H,1H3,(H,10,11);3*2-5H;2*1-5H;;;/q;;;;;;;2*+2;/b2*7-6+;;;;;;;;. The number of carboxylic acids is 2. The van der Waals surface area contributed by atoms with Crippen molar-refractivity contribution < 1.29 is 53.9 Å². The molecule has 10 heteroatoms. The molecule has 2 N–H and O–H groups in total. The van der Waals surface area contributed by atoms with E-state index in [1.54, 1.807) is 13.8 Å². The van der Waals surface area contributed by atoms with Gasteiger partial charge in [-0.05, 0) is 129 Å². The largest absolute Gasteiger partial charge is 2.00 e. The third-order valence-electron chi connectivity index (χ3n) is 7.28. The predicted octanol–water partition coefficient (Wildman–Crippen LogP) is 9.05. The molecule has 4 saturated carbocycles. The van der Waals surface area contributed by atoms with E-state index < -0.39 is 32.1 Å². The summed E-state index contributed by atoms with van der Waals surface area (Å²) in [5, 5.41) is 19.1. The van der Waals surface area contributed by atoms with Crippen LogP contribution in [0.2, 0.25) is 15.1 Å². The van der Waals surface area contributed by atoms with E-state index in [4.69, 9.17) is 45.0 Å². The average Bonchev–Trinajstić information content (AvgIpc) is 4.01. The summed E-state index contributed by atoms with van der Waals surface area (Å²) in [6.45, 7) is 3.56. The van der Waals surface area contributed by atoms with Crippen molar-refractivity contribution >= 4 is 77.5 Å². The van der Waals surface area contributed by atoms with E-state index >= 15 is 0 Å². The van der Waals surface area contributed by atoms with Crippen molar-refractivity contribution in [2.75, 3.05) is 0 Å². The van der Waals surface area contributed by atoms with Crippen LogP contribution >= 0.6 is 34.8 Å². The summed E-state index contributed by atoms with van der Waals surface area (Å²) in [6, 6.07) is 24.5. The van der Waals surface area contributed by atoms with E-state index in [0.717, 1.165) is 38.0 Å². The summed E-state index contributed by atoms with van der Waals surface area (Å²) in [5.41, 5.74) is 1.56. The smallest absolute Gasteiger partial charge is 0.0312 e. The van der Waals surface area contributed by atoms with Crippen LogP contribution in [0.15, 0.2) is 96.1 Å². The number of benzene rings is 3. The summed E-state index contributed by atoms with van der Waals surface area (Å²) < 4.78 is 4.08. The van der Waals surface area contributed by atoms with Crippen molar-refractivity contribution in [2.24, 2.45) is 0 Å². The molecule has 0 aliphatic heterocycles. The van der Waals surface area contributed by atoms with Crippen LogP contribution in [0.4, 0.5) is 0 Å². The second kappa shape index (κ2) is 30.8. The minimum atomic E-state index is -2.08. The predicted molar refractivity (Wildman–Crippen MR) is 226 cm³/mol. The molecule has 0 saturated heterocycles. The van der Waals surface area contributed by atoms with Crippen LogP contribution in [0.5, 0.6) is 0 Å². The van der Waals surface area contributed by atoms with Gasteiger partial charge in [-0.15, -0.1) is 0 Å². The maximum absolute atomic E-state index is 10.2. The number of carbonyl (C=O) groups is 2. The quantitative estimate of drug-likeness (QED) is 0.183. The van der Waals surface area contributed by atoms with Crippen molar-refractivity contribution in [1.82, 2.24) is 0 Å². The normalized spacial score (nSPS) is 16.7. The summed E-state index contributed by atoms with van der Waals surface area (Å²) in [5.74, 6) is 0.132. The summed E-state index contributed by atoms with van der Waals surface area (Å²) in [7, 11) is 0. The first-order valence-corrected chi connectivity index (χ1v) is 21.7. The van der Waals surface area contributed by atoms with Crippen molar-refractivity contribution in [1.29, 1.82) is 0 Å². The van der Waals surface area contributed by atoms with Crippen molar-refractivity contribution in [3.05, 3.63) is 239 Å². The number of allylic oxidation sites excluding steroid dienone is 2. The van der Waals surface area contributed by atoms with Gasteiger partial charge in [0, 0.05) is 24.0 Å². The molecule has 0 unspecified atom stereocenters. The maximum atomic E-state index is 10.2. The summed E-state index contributed by atoms with van der Waals surface area (Å²) in [4.78, 5) is 20.5. The van der Waals surface area contributed by atoms with Crippen LogP contribution in [0.3, 0.4) is 0 Å². The molecule has 0 bridgehead atoms. The van der Waals surface area contributed by atoms with Gasteiger partial charge in [0.2, 0.25) is 0 Å². The Bertz CT molecular complexity index is 1400. The molecule has 0 atom stereocenters. The molecule has 3 aromatic carbocycles. The van der Waals surface area contributed by atoms with Crippen LogP contribution in [0, 0.1) is 127 Å². The Morgan fingerprint density at radius 2 is 0.643 bits per heavy atom. The monoisotopic (exact) mass is 994 g/mol. The van der Waals surface area contributed by atoms with Crippen molar-refractivity contribution in [3.8, 4) is 0 Å². The molecule has 0 aromatic heterocycles. The molecule has 0 spiro atoms. The van der Waals surface area contributed by atoms with Gasteiger partial charge >= 0.3 is 199 Å². The average molecular weight is 997 g/mol. The third-order valence-corrected chi connectivity index (χ3v) is 15.0. The molecule has 4 nitrogen and oxygen atoms in total. The minimum Gasteiger partial charge on any atom is -0.0312 e. The number of hydrogen-bond donors (Lipinski definition) is 2. The molecule has 0 amide bonds. The van der Waals surface area contributed by atoms with E-state index in [1.165, 1.54) is 22.7 Å². The van der Waals surface area contributed by atoms with Crippen LogP contribution in [-0.4, -0.2) is 42.4 Å². The van der Waals surface area contributed by atoms with Gasteiger partial charge in [-0.25, -0.2) is 9.59 Å². The third kappa shape index (κ3) is 21.7. The fourth-order valence-electron chi connectivity index (χ4n) is 4.67. The van der Waals surface area contributed by atoms with E-state index in [9.17, 15) is 9.59 Å². The Kier molecular flexibility index (Phi) is 29.0. The summed E-state index contributed by atoms with van der Waals surface area (Å²) >= 11 is 16.0. The molecule has 7 rings (SSSR count). The zero-order chi connectivity index (χ0) is 39.1. The Balaban J connectivity index is 0.000000389. The number of aliphatic carboxylic acids is 2. The van der Waals surface area contributed by atoms with Gasteiger partial charge in [0.15, 0.2) is 0 Å². The fraction of sp³-hybridized carbons (Fsp3) is 0.0435. The first-order chi connectivity index (χ1) is 26.0. The van der Waals surface area contributed by atoms with Gasteiger partial charge < -0.3 is 10.2 Å². The molecule has 4 fully saturated rings. The van der Waals surface area contributed by atoms with E-state index in [2.05, 4.69) is 36.4 Å². The van der Waals surface area contributed by atoms with Gasteiger partial charge in [-0.3, -0.25) is 0 Å². The van der Waals surface area contributed by atoms with Gasteiger partial charge in [0.25, 0.3) is 0 Å². The molecule has 3 aromatic rings. The van der Waals surface area contributed by atoms with Gasteiger partial charge in [0.1, 0.15) is 0 Å². The first-order valence-electron chi connectivity index (χ1n) is 16.7. The Labute approximate surface area is 380 Å². The van der Waals surface area contributed by atoms with Gasteiger partial charge in [-0.1, -0.05) is 11.1 Å². The van der Waals surface area contributed by atoms with Crippen molar-refractivity contribution in [2.45, 2.75) is 13.8 Å². The Morgan fingerprint density at radius 1 is 0.429 bits per heavy atom. The van der Waals surface area contributed by atoms with Gasteiger partial charge in [-0.2, -0.15) is 0 Å². The Hall–Kier alpha value is -1.19. The van der Waals surface area contributed by atoms with Gasteiger partial charge in [0.05, 0.1) is 0 Å². The number of halogens is 3. The second-order valence-corrected chi connectivity index (χ2v) is 19.0. The fourth-order valence-corrected chi connectivity index (χ4v) is 11.4. The number of rotatable bonds is 7. The number of carboxylic acid groups (broad SMARTS) is 2. The number of hydrogen-bond acceptors (Lipinski definition) is 2. The molecule has 286 valence electrons. The topological polar surface area (TPSA) is 74.6 Å². The molecule has 56 heavy (non-hydrogen) atoms. The van der Waals surface area contributed by atoms with E-state index in [-0.39, 0.29) is 34.1 Å². The van der Waals surface area contributed by atoms with Crippen LogP contribution in [0.1, 0.15) is 13.8 Å². The second-order valence-electron chi connectivity index (χ2n) is 11.4. The van der Waals surface area contributed by atoms with Crippen LogP contribution < -0.4 is 10.5 Å². The zero-order valence-corrected chi connectivity index (χ0v) is 37.5. The molecule has 4 aliphatic rings. The maximum Gasteiger partial charge on any atom is 2.00 e. The first kappa shape index (κ1) is 52.8. The molecule has 0 heterocycles. The molecule has 20 radical (unpaired) electrons. The minimum absolute atomic E-state index is 0. The molecular weight excluding hydrogens is 956 g/mol. The van der Waals surface area contributed by atoms with Crippen molar-refractivity contribution in [3.63, 3.8) is 0 Å². The SMILES string of the molecule is C/C(=C\C(=O)O)[C]1[CH][CH][CH][CH]1.C/C(=C\C(=O)O)[C]1[CH][CH][CH][CH]1.Clc1cc[c]([Sb]([c]2ccc(Cl)cc2)[c]2ccc(Cl)cc2)cc1.[CH]1[CH][CH][CH][CH]1.[CH]1[CH][CH][CH][CH]1.[Fe+2].[Fe+2]. The molecular formula is C46H40Cl3Fe2O4Sb+4. The van der Waals surface area contributed by atoms with E-state index in [0.29, 0.717) is 0 Å². The Morgan fingerprint density at radius 3 is 0.839 bits per heavy atom. The molecule has 4 aliphatic carbocycles. The van der Waals surface area contributed by atoms with Crippen LogP contribution in [0.25, 0.3) is 0 Å².